The van der Waals surface area contributed by atoms with Gasteiger partial charge >= 0.3 is 0 Å². The number of aryl methyl sites for hydroxylation is 2. The lowest BCUT2D eigenvalue weighted by Crippen LogP contribution is -2.33. The third-order valence-corrected chi connectivity index (χ3v) is 5.39. The first kappa shape index (κ1) is 20.3. The normalized spacial score (nSPS) is 10.8. The average molecular weight is 413 g/mol. The summed E-state index contributed by atoms with van der Waals surface area (Å²) in [7, 11) is 1.60. The predicted octanol–water partition coefficient (Wildman–Crippen LogP) is 4.40. The molecule has 0 aliphatic carbocycles. The molecule has 1 amide bonds. The highest BCUT2D eigenvalue weighted by Crippen LogP contribution is 2.24. The van der Waals surface area contributed by atoms with E-state index in [0.29, 0.717) is 28.2 Å². The van der Waals surface area contributed by atoms with Crippen LogP contribution >= 0.6 is 0 Å². The SMILES string of the molecule is COc1ccc2[nH]c(=O)c(CN(C(=O)c3ccccn3)c3ccc(C)c(C)c3)cc2c1. The second-order valence-corrected chi connectivity index (χ2v) is 7.45. The lowest BCUT2D eigenvalue weighted by Gasteiger charge is -2.23. The Bertz CT molecular complexity index is 1310. The Hall–Kier alpha value is -3.93. The van der Waals surface area contributed by atoms with Crippen molar-refractivity contribution in [2.75, 3.05) is 12.0 Å². The molecule has 0 saturated carbocycles. The van der Waals surface area contributed by atoms with E-state index in [4.69, 9.17) is 4.74 Å². The molecule has 0 aliphatic heterocycles. The smallest absolute Gasteiger partial charge is 0.277 e. The molecule has 2 aromatic carbocycles. The van der Waals surface area contributed by atoms with Gasteiger partial charge in [0.1, 0.15) is 11.4 Å². The Morgan fingerprint density at radius 2 is 1.87 bits per heavy atom. The van der Waals surface area contributed by atoms with Gasteiger partial charge in [0.2, 0.25) is 0 Å². The third kappa shape index (κ3) is 4.19. The number of nitrogens with one attached hydrogen (secondary N) is 1. The Morgan fingerprint density at radius 1 is 1.03 bits per heavy atom. The number of carbonyl (C=O) groups is 1. The Kier molecular flexibility index (Phi) is 5.54. The van der Waals surface area contributed by atoms with E-state index < -0.39 is 0 Å². The van der Waals surface area contributed by atoms with E-state index in [0.717, 1.165) is 16.5 Å². The number of hydrogen-bond donors (Lipinski definition) is 1. The molecule has 2 heterocycles. The van der Waals surface area contributed by atoms with Crippen LogP contribution in [0.25, 0.3) is 10.9 Å². The lowest BCUT2D eigenvalue weighted by atomic mass is 10.1. The van der Waals surface area contributed by atoms with E-state index in [1.54, 1.807) is 54.6 Å². The van der Waals surface area contributed by atoms with E-state index in [1.807, 2.05) is 38.1 Å². The fraction of sp³-hybridized carbons (Fsp3) is 0.160. The van der Waals surface area contributed by atoms with Crippen molar-refractivity contribution in [1.29, 1.82) is 0 Å². The zero-order chi connectivity index (χ0) is 22.0. The number of benzene rings is 2. The molecule has 4 aromatic rings. The first-order valence-corrected chi connectivity index (χ1v) is 9.96. The van der Waals surface area contributed by atoms with Crippen LogP contribution < -0.4 is 15.2 Å². The molecular formula is C25H23N3O3. The molecule has 31 heavy (non-hydrogen) atoms. The average Bonchev–Trinajstić information content (AvgIpc) is 2.79. The highest BCUT2D eigenvalue weighted by atomic mass is 16.5. The van der Waals surface area contributed by atoms with Gasteiger partial charge in [-0.25, -0.2) is 0 Å². The number of amides is 1. The summed E-state index contributed by atoms with van der Waals surface area (Å²) in [6.07, 6.45) is 1.58. The Labute approximate surface area is 180 Å². The van der Waals surface area contributed by atoms with Crippen molar-refractivity contribution in [3.63, 3.8) is 0 Å². The number of nitrogens with zero attached hydrogens (tertiary/aromatic N) is 2. The molecule has 2 aromatic heterocycles. The van der Waals surface area contributed by atoms with Crippen LogP contribution in [0.3, 0.4) is 0 Å². The van der Waals surface area contributed by atoms with Gasteiger partial charge in [0.25, 0.3) is 11.5 Å². The molecule has 1 N–H and O–H groups in total. The van der Waals surface area contributed by atoms with Crippen molar-refractivity contribution in [2.45, 2.75) is 20.4 Å². The van der Waals surface area contributed by atoms with Gasteiger partial charge in [0.15, 0.2) is 0 Å². The van der Waals surface area contributed by atoms with Crippen LogP contribution in [0, 0.1) is 13.8 Å². The summed E-state index contributed by atoms with van der Waals surface area (Å²) in [5.74, 6) is 0.426. The molecule has 0 unspecified atom stereocenters. The Morgan fingerprint density at radius 3 is 2.58 bits per heavy atom. The van der Waals surface area contributed by atoms with Crippen LogP contribution in [0.1, 0.15) is 27.2 Å². The quantitative estimate of drug-likeness (QED) is 0.526. The standard InChI is InChI=1S/C25H23N3O3/c1-16-7-8-20(12-17(16)2)28(25(30)23-6-4-5-11-26-23)15-19-13-18-14-21(31-3)9-10-22(18)27-24(19)29/h4-14H,15H2,1-3H3,(H,27,29). The number of pyridine rings is 2. The van der Waals surface area contributed by atoms with E-state index in [9.17, 15) is 9.59 Å². The molecule has 0 aliphatic rings. The van der Waals surface area contributed by atoms with Crippen LogP contribution in [-0.4, -0.2) is 23.0 Å². The van der Waals surface area contributed by atoms with Gasteiger partial charge in [-0.1, -0.05) is 12.1 Å². The molecule has 0 saturated heterocycles. The summed E-state index contributed by atoms with van der Waals surface area (Å²) in [5.41, 5.74) is 4.17. The molecular weight excluding hydrogens is 390 g/mol. The zero-order valence-corrected chi connectivity index (χ0v) is 17.7. The fourth-order valence-corrected chi connectivity index (χ4v) is 3.45. The second-order valence-electron chi connectivity index (χ2n) is 7.45. The van der Waals surface area contributed by atoms with Crippen molar-refractivity contribution >= 4 is 22.5 Å². The molecule has 0 atom stereocenters. The first-order chi connectivity index (χ1) is 15.0. The van der Waals surface area contributed by atoms with Crippen molar-refractivity contribution in [3.8, 4) is 5.75 Å². The maximum absolute atomic E-state index is 13.4. The number of fused-ring (bicyclic) bond motifs is 1. The number of methoxy groups -OCH3 is 1. The molecule has 0 radical (unpaired) electrons. The van der Waals surface area contributed by atoms with Gasteiger partial charge in [0, 0.05) is 28.4 Å². The second kappa shape index (κ2) is 8.44. The minimum Gasteiger partial charge on any atom is -0.497 e. The first-order valence-electron chi connectivity index (χ1n) is 9.96. The monoisotopic (exact) mass is 413 g/mol. The molecule has 6 nitrogen and oxygen atoms in total. The van der Waals surface area contributed by atoms with Crippen molar-refractivity contribution in [3.05, 3.63) is 99.6 Å². The molecule has 0 spiro atoms. The molecule has 0 bridgehead atoms. The summed E-state index contributed by atoms with van der Waals surface area (Å²) >= 11 is 0. The summed E-state index contributed by atoms with van der Waals surface area (Å²) in [4.78, 5) is 34.8. The number of H-pyrrole nitrogens is 1. The number of ether oxygens (including phenoxy) is 1. The van der Waals surface area contributed by atoms with Crippen molar-refractivity contribution in [2.24, 2.45) is 0 Å². The lowest BCUT2D eigenvalue weighted by molar-refractivity contribution is 0.0980. The molecule has 156 valence electrons. The van der Waals surface area contributed by atoms with Gasteiger partial charge in [-0.15, -0.1) is 0 Å². The maximum Gasteiger partial charge on any atom is 0.277 e. The van der Waals surface area contributed by atoms with Gasteiger partial charge in [-0.2, -0.15) is 0 Å². The van der Waals surface area contributed by atoms with E-state index in [1.165, 1.54) is 0 Å². The number of hydrogen-bond acceptors (Lipinski definition) is 4. The minimum atomic E-state index is -0.269. The van der Waals surface area contributed by atoms with Gasteiger partial charge < -0.3 is 14.6 Å². The highest BCUT2D eigenvalue weighted by Gasteiger charge is 2.21. The van der Waals surface area contributed by atoms with Crippen LogP contribution in [-0.2, 0) is 6.54 Å². The number of rotatable bonds is 5. The van der Waals surface area contributed by atoms with Crippen molar-refractivity contribution < 1.29 is 9.53 Å². The number of anilines is 1. The highest BCUT2D eigenvalue weighted by molar-refractivity contribution is 6.04. The van der Waals surface area contributed by atoms with Crippen LogP contribution in [0.2, 0.25) is 0 Å². The topological polar surface area (TPSA) is 75.3 Å². The predicted molar refractivity (Wildman–Crippen MR) is 122 cm³/mol. The van der Waals surface area contributed by atoms with Gasteiger partial charge in [-0.05, 0) is 73.5 Å². The fourth-order valence-electron chi connectivity index (χ4n) is 3.45. The van der Waals surface area contributed by atoms with Gasteiger partial charge in [-0.3, -0.25) is 14.6 Å². The van der Waals surface area contributed by atoms with Crippen LogP contribution in [0.4, 0.5) is 5.69 Å². The largest absolute Gasteiger partial charge is 0.497 e. The number of carbonyl (C=O) groups excluding carboxylic acids is 1. The van der Waals surface area contributed by atoms with Crippen LogP contribution in [0.15, 0.2) is 71.7 Å². The zero-order valence-electron chi connectivity index (χ0n) is 17.7. The molecule has 4 rings (SSSR count). The maximum atomic E-state index is 13.4. The number of aromatic amines is 1. The number of aromatic nitrogens is 2. The summed E-state index contributed by atoms with van der Waals surface area (Å²) in [6, 6.07) is 18.3. The molecule has 6 heteroatoms. The summed E-state index contributed by atoms with van der Waals surface area (Å²) in [6.45, 7) is 4.13. The van der Waals surface area contributed by atoms with E-state index in [-0.39, 0.29) is 18.0 Å². The summed E-state index contributed by atoms with van der Waals surface area (Å²) < 4.78 is 5.30. The summed E-state index contributed by atoms with van der Waals surface area (Å²) in [5, 5.41) is 0.833. The minimum absolute atomic E-state index is 0.111. The third-order valence-electron chi connectivity index (χ3n) is 5.39. The molecule has 0 fully saturated rings. The van der Waals surface area contributed by atoms with Crippen LogP contribution in [0.5, 0.6) is 5.75 Å². The van der Waals surface area contributed by atoms with Gasteiger partial charge in [0.05, 0.1) is 13.7 Å². The van der Waals surface area contributed by atoms with Crippen molar-refractivity contribution in [1.82, 2.24) is 9.97 Å². The Balaban J connectivity index is 1.80. The van der Waals surface area contributed by atoms with E-state index in [2.05, 4.69) is 9.97 Å². The van der Waals surface area contributed by atoms with E-state index >= 15 is 0 Å².